The molecule has 1 heterocycles. The number of benzene rings is 2. The van der Waals surface area contributed by atoms with Gasteiger partial charge in [0.15, 0.2) is 0 Å². The minimum Gasteiger partial charge on any atom is -0.489 e. The van der Waals surface area contributed by atoms with Gasteiger partial charge in [-0.05, 0) is 36.1 Å². The normalized spacial score (nSPS) is 15.0. The van der Waals surface area contributed by atoms with Gasteiger partial charge in [-0.15, -0.1) is 0 Å². The Bertz CT molecular complexity index is 833. The summed E-state index contributed by atoms with van der Waals surface area (Å²) in [5.74, 6) is 1.07. The van der Waals surface area contributed by atoms with Crippen molar-refractivity contribution >= 4 is 11.8 Å². The molecule has 0 aliphatic carbocycles. The summed E-state index contributed by atoms with van der Waals surface area (Å²) in [6.07, 6.45) is 1.45. The van der Waals surface area contributed by atoms with E-state index in [1.807, 2.05) is 80.3 Å². The third-order valence-corrected chi connectivity index (χ3v) is 5.43. The van der Waals surface area contributed by atoms with Crippen molar-refractivity contribution in [2.24, 2.45) is 11.3 Å². The molecule has 0 aromatic heterocycles. The van der Waals surface area contributed by atoms with Crippen LogP contribution in [0.2, 0.25) is 0 Å². The number of hydrogen-bond donors (Lipinski definition) is 1. The molecule has 5 nitrogen and oxygen atoms in total. The zero-order chi connectivity index (χ0) is 21.6. The van der Waals surface area contributed by atoms with Gasteiger partial charge in [-0.25, -0.2) is 0 Å². The number of carbonyl (C=O) groups excluding carboxylic acids is 2. The van der Waals surface area contributed by atoms with Gasteiger partial charge in [0, 0.05) is 31.0 Å². The molecule has 1 aliphatic rings. The first-order valence-corrected chi connectivity index (χ1v) is 10.7. The molecule has 2 aromatic carbocycles. The lowest BCUT2D eigenvalue weighted by molar-refractivity contribution is -0.142. The van der Waals surface area contributed by atoms with Gasteiger partial charge in [0.2, 0.25) is 11.8 Å². The Hall–Kier alpha value is -2.82. The van der Waals surface area contributed by atoms with Crippen LogP contribution >= 0.6 is 0 Å². The lowest BCUT2D eigenvalue weighted by atomic mass is 9.90. The van der Waals surface area contributed by atoms with Crippen molar-refractivity contribution in [3.63, 3.8) is 0 Å². The van der Waals surface area contributed by atoms with Crippen molar-refractivity contribution in [3.8, 4) is 5.75 Å². The van der Waals surface area contributed by atoms with Gasteiger partial charge in [0.25, 0.3) is 0 Å². The third-order valence-electron chi connectivity index (χ3n) is 5.43. The van der Waals surface area contributed by atoms with Crippen molar-refractivity contribution in [2.75, 3.05) is 13.1 Å². The first kappa shape index (κ1) is 21.9. The van der Waals surface area contributed by atoms with Crippen molar-refractivity contribution in [2.45, 2.75) is 46.8 Å². The predicted molar refractivity (Wildman–Crippen MR) is 118 cm³/mol. The van der Waals surface area contributed by atoms with E-state index >= 15 is 0 Å². The van der Waals surface area contributed by atoms with Crippen molar-refractivity contribution in [1.29, 1.82) is 0 Å². The number of ether oxygens (including phenoxy) is 1. The number of amides is 2. The van der Waals surface area contributed by atoms with E-state index < -0.39 is 0 Å². The van der Waals surface area contributed by atoms with E-state index in [9.17, 15) is 9.59 Å². The fraction of sp³-hybridized carbons (Fsp3) is 0.440. The van der Waals surface area contributed by atoms with Gasteiger partial charge in [0.1, 0.15) is 12.4 Å². The average Bonchev–Trinajstić information content (AvgIpc) is 2.76. The molecule has 3 rings (SSSR count). The zero-order valence-electron chi connectivity index (χ0n) is 18.2. The highest BCUT2D eigenvalue weighted by Crippen LogP contribution is 2.23. The molecule has 1 saturated heterocycles. The summed E-state index contributed by atoms with van der Waals surface area (Å²) in [5, 5.41) is 3.05. The van der Waals surface area contributed by atoms with Gasteiger partial charge in [-0.3, -0.25) is 9.59 Å². The molecule has 160 valence electrons. The van der Waals surface area contributed by atoms with Crippen LogP contribution in [0.5, 0.6) is 5.75 Å². The molecule has 0 atom stereocenters. The molecule has 5 heteroatoms. The Morgan fingerprint density at radius 2 is 1.57 bits per heavy atom. The first-order valence-electron chi connectivity index (χ1n) is 10.7. The van der Waals surface area contributed by atoms with Crippen LogP contribution in [0.25, 0.3) is 0 Å². The molecular weight excluding hydrogens is 376 g/mol. The third kappa shape index (κ3) is 6.09. The highest BCUT2D eigenvalue weighted by atomic mass is 16.5. The highest BCUT2D eigenvalue weighted by Gasteiger charge is 2.32. The van der Waals surface area contributed by atoms with Gasteiger partial charge < -0.3 is 15.0 Å². The van der Waals surface area contributed by atoms with Crippen LogP contribution in [-0.2, 0) is 22.7 Å². The summed E-state index contributed by atoms with van der Waals surface area (Å²) in [6.45, 7) is 8.16. The second-order valence-electron chi connectivity index (χ2n) is 8.95. The number of nitrogens with one attached hydrogen (secondary N) is 1. The maximum atomic E-state index is 12.5. The lowest BCUT2D eigenvalue weighted by Gasteiger charge is -2.35. The summed E-state index contributed by atoms with van der Waals surface area (Å²) < 4.78 is 5.76. The fourth-order valence-corrected chi connectivity index (χ4v) is 3.59. The molecule has 0 spiro atoms. The number of piperidine rings is 1. The largest absolute Gasteiger partial charge is 0.489 e. The zero-order valence-corrected chi connectivity index (χ0v) is 18.2. The SMILES string of the molecule is CC(C)(C)C(=O)N1CCC(C(=O)NCc2ccc(COc3ccccc3)cc2)CC1. The molecular formula is C25H32N2O3. The van der Waals surface area contributed by atoms with Crippen LogP contribution in [0, 0.1) is 11.3 Å². The van der Waals surface area contributed by atoms with Crippen LogP contribution in [0.3, 0.4) is 0 Å². The minimum absolute atomic E-state index is 0.0208. The molecule has 1 N–H and O–H groups in total. The molecule has 2 aromatic rings. The van der Waals surface area contributed by atoms with Crippen LogP contribution < -0.4 is 10.1 Å². The number of rotatable bonds is 6. The summed E-state index contributed by atoms with van der Waals surface area (Å²) in [4.78, 5) is 26.8. The number of hydrogen-bond acceptors (Lipinski definition) is 3. The maximum Gasteiger partial charge on any atom is 0.227 e. The fourth-order valence-electron chi connectivity index (χ4n) is 3.59. The molecule has 2 amide bonds. The van der Waals surface area contributed by atoms with E-state index in [4.69, 9.17) is 4.74 Å². The van der Waals surface area contributed by atoms with Gasteiger partial charge in [-0.2, -0.15) is 0 Å². The monoisotopic (exact) mass is 408 g/mol. The molecule has 1 fully saturated rings. The average molecular weight is 409 g/mol. The maximum absolute atomic E-state index is 12.5. The first-order chi connectivity index (χ1) is 14.3. The van der Waals surface area contributed by atoms with E-state index in [0.717, 1.165) is 29.7 Å². The van der Waals surface area contributed by atoms with Crippen molar-refractivity contribution < 1.29 is 14.3 Å². The summed E-state index contributed by atoms with van der Waals surface area (Å²) >= 11 is 0. The van der Waals surface area contributed by atoms with E-state index in [1.54, 1.807) is 0 Å². The van der Waals surface area contributed by atoms with Crippen molar-refractivity contribution in [1.82, 2.24) is 10.2 Å². The number of para-hydroxylation sites is 1. The van der Waals surface area contributed by atoms with Crippen LogP contribution in [0.1, 0.15) is 44.7 Å². The van der Waals surface area contributed by atoms with Crippen LogP contribution in [0.4, 0.5) is 0 Å². The van der Waals surface area contributed by atoms with E-state index in [-0.39, 0.29) is 23.1 Å². The van der Waals surface area contributed by atoms with Crippen LogP contribution in [-0.4, -0.2) is 29.8 Å². The molecule has 0 bridgehead atoms. The topological polar surface area (TPSA) is 58.6 Å². The Labute approximate surface area is 179 Å². The quantitative estimate of drug-likeness (QED) is 0.781. The Morgan fingerprint density at radius 3 is 2.17 bits per heavy atom. The van der Waals surface area contributed by atoms with Gasteiger partial charge >= 0.3 is 0 Å². The lowest BCUT2D eigenvalue weighted by Crippen LogP contribution is -2.46. The van der Waals surface area contributed by atoms with Crippen molar-refractivity contribution in [3.05, 3.63) is 65.7 Å². The predicted octanol–water partition coefficient (Wildman–Crippen LogP) is 4.17. The Balaban J connectivity index is 1.41. The van der Waals surface area contributed by atoms with Gasteiger partial charge in [0.05, 0.1) is 0 Å². The molecule has 0 radical (unpaired) electrons. The molecule has 1 aliphatic heterocycles. The summed E-state index contributed by atoms with van der Waals surface area (Å²) in [6, 6.07) is 17.8. The van der Waals surface area contributed by atoms with Crippen LogP contribution in [0.15, 0.2) is 54.6 Å². The second-order valence-corrected chi connectivity index (χ2v) is 8.95. The Morgan fingerprint density at radius 1 is 0.967 bits per heavy atom. The molecule has 0 unspecified atom stereocenters. The number of carbonyl (C=O) groups is 2. The summed E-state index contributed by atoms with van der Waals surface area (Å²) in [7, 11) is 0. The van der Waals surface area contributed by atoms with E-state index in [2.05, 4.69) is 5.32 Å². The molecule has 0 saturated carbocycles. The molecule has 30 heavy (non-hydrogen) atoms. The second kappa shape index (κ2) is 9.79. The minimum atomic E-state index is -0.368. The highest BCUT2D eigenvalue weighted by molar-refractivity contribution is 5.82. The summed E-state index contributed by atoms with van der Waals surface area (Å²) in [5.41, 5.74) is 1.78. The van der Waals surface area contributed by atoms with E-state index in [1.165, 1.54) is 0 Å². The van der Waals surface area contributed by atoms with E-state index in [0.29, 0.717) is 26.2 Å². The van der Waals surface area contributed by atoms with Gasteiger partial charge in [-0.1, -0.05) is 63.2 Å². The standard InChI is InChI=1S/C25H32N2O3/c1-25(2,3)24(29)27-15-13-21(14-16-27)23(28)26-17-19-9-11-20(12-10-19)18-30-22-7-5-4-6-8-22/h4-12,21H,13-18H2,1-3H3,(H,26,28). The number of likely N-dealkylation sites (tertiary alicyclic amines) is 1. The Kier molecular flexibility index (Phi) is 7.14. The smallest absolute Gasteiger partial charge is 0.227 e. The number of nitrogens with zero attached hydrogens (tertiary/aromatic N) is 1.